The molecule has 0 saturated carbocycles. The quantitative estimate of drug-likeness (QED) is 0.196. The smallest absolute Gasteiger partial charge is 0.350 e. The number of nitrogens with zero attached hydrogens (tertiary/aromatic N) is 5. The number of carbonyl (C=O) groups excluding carboxylic acids is 1. The minimum atomic E-state index is -3.33. The van der Waals surface area contributed by atoms with E-state index in [-0.39, 0.29) is 22.3 Å². The van der Waals surface area contributed by atoms with E-state index in [0.29, 0.717) is 45.8 Å². The highest BCUT2D eigenvalue weighted by Crippen LogP contribution is 2.28. The molecule has 0 amide bonds. The number of nitrogens with one attached hydrogen (secondary N) is 2. The number of esters is 1. The molecule has 5 rings (SSSR count). The molecular formula is C28H29N7O6S3. The van der Waals surface area contributed by atoms with Crippen molar-refractivity contribution in [2.24, 2.45) is 0 Å². The minimum Gasteiger partial charge on any atom is -0.462 e. The van der Waals surface area contributed by atoms with Crippen molar-refractivity contribution in [3.05, 3.63) is 76.6 Å². The third kappa shape index (κ3) is 7.03. The van der Waals surface area contributed by atoms with Crippen LogP contribution in [0.1, 0.15) is 33.4 Å². The third-order valence-electron chi connectivity index (χ3n) is 6.46. The lowest BCUT2D eigenvalue weighted by Crippen LogP contribution is -2.07. The molecule has 2 N–H and O–H groups in total. The maximum Gasteiger partial charge on any atom is 0.350 e. The monoisotopic (exact) mass is 655 g/mol. The summed E-state index contributed by atoms with van der Waals surface area (Å²) in [5.41, 5.74) is 3.14. The average Bonchev–Trinajstić information content (AvgIpc) is 3.54. The van der Waals surface area contributed by atoms with Crippen LogP contribution in [-0.4, -0.2) is 66.4 Å². The number of sulfone groups is 2. The van der Waals surface area contributed by atoms with Crippen molar-refractivity contribution in [3.63, 3.8) is 0 Å². The van der Waals surface area contributed by atoms with Crippen molar-refractivity contribution in [3.8, 4) is 0 Å². The van der Waals surface area contributed by atoms with Crippen LogP contribution in [0.2, 0.25) is 0 Å². The second-order valence-corrected chi connectivity index (χ2v) is 14.9. The Morgan fingerprint density at radius 2 is 1.52 bits per heavy atom. The van der Waals surface area contributed by atoms with Crippen LogP contribution in [0.25, 0.3) is 11.2 Å². The van der Waals surface area contributed by atoms with Crippen molar-refractivity contribution < 1.29 is 26.4 Å². The second kappa shape index (κ2) is 12.3. The van der Waals surface area contributed by atoms with Gasteiger partial charge in [0.25, 0.3) is 0 Å². The van der Waals surface area contributed by atoms with Gasteiger partial charge in [0.1, 0.15) is 4.88 Å². The van der Waals surface area contributed by atoms with Gasteiger partial charge in [-0.2, -0.15) is 9.97 Å². The Morgan fingerprint density at radius 1 is 0.909 bits per heavy atom. The molecule has 0 unspecified atom stereocenters. The number of ether oxygens (including phenoxy) is 1. The van der Waals surface area contributed by atoms with E-state index in [2.05, 4.69) is 30.6 Å². The van der Waals surface area contributed by atoms with Gasteiger partial charge in [0.2, 0.25) is 5.95 Å². The fraction of sp³-hybridized carbons (Fsp3) is 0.250. The summed E-state index contributed by atoms with van der Waals surface area (Å²) in [5.74, 6) is 0.150. The molecule has 0 aliphatic carbocycles. The molecular weight excluding hydrogens is 627 g/mol. The Hall–Kier alpha value is -4.41. The normalized spacial score (nSPS) is 11.9. The Balaban J connectivity index is 1.48. The number of thiazole rings is 1. The number of hydrogen-bond donors (Lipinski definition) is 2. The van der Waals surface area contributed by atoms with E-state index in [1.54, 1.807) is 73.3 Å². The largest absolute Gasteiger partial charge is 0.462 e. The maximum absolute atomic E-state index is 12.3. The van der Waals surface area contributed by atoms with Crippen LogP contribution < -0.4 is 10.6 Å². The first-order valence-corrected chi connectivity index (χ1v) is 17.9. The zero-order valence-electron chi connectivity index (χ0n) is 24.2. The highest BCUT2D eigenvalue weighted by molar-refractivity contribution is 7.91. The molecule has 3 aromatic heterocycles. The van der Waals surface area contributed by atoms with Crippen LogP contribution in [0.3, 0.4) is 0 Å². The number of benzene rings is 2. The zero-order chi connectivity index (χ0) is 31.6. The van der Waals surface area contributed by atoms with Crippen LogP contribution in [0.4, 0.5) is 16.9 Å². The number of imidazole rings is 1. The van der Waals surface area contributed by atoms with E-state index in [1.807, 2.05) is 0 Å². The SMILES string of the molecule is CCOC(=O)c1sc(Nc2nc(NCc3ccc(S(C)(=O)=O)cc3)c3ncn(Cc4ccc(S(C)(=O)=O)cc4)c3n2)nc1C. The topological polar surface area (TPSA) is 175 Å². The van der Waals surface area contributed by atoms with Crippen LogP contribution in [0, 0.1) is 6.92 Å². The van der Waals surface area contributed by atoms with E-state index in [0.717, 1.165) is 35.0 Å². The predicted octanol–water partition coefficient (Wildman–Crippen LogP) is 3.98. The van der Waals surface area contributed by atoms with E-state index in [9.17, 15) is 21.6 Å². The fourth-order valence-corrected chi connectivity index (χ4v) is 6.36. The molecule has 0 fully saturated rings. The first-order valence-electron chi connectivity index (χ1n) is 13.3. The van der Waals surface area contributed by atoms with Gasteiger partial charge in [0.05, 0.1) is 35.0 Å². The number of carbonyl (C=O) groups is 1. The van der Waals surface area contributed by atoms with Crippen molar-refractivity contribution in [2.45, 2.75) is 36.7 Å². The summed E-state index contributed by atoms with van der Waals surface area (Å²) in [5, 5.41) is 6.75. The Bertz CT molecular complexity index is 2060. The molecule has 3 heterocycles. The highest BCUT2D eigenvalue weighted by atomic mass is 32.2. The molecule has 0 spiro atoms. The van der Waals surface area contributed by atoms with Crippen LogP contribution >= 0.6 is 11.3 Å². The third-order valence-corrected chi connectivity index (χ3v) is 9.77. The summed E-state index contributed by atoms with van der Waals surface area (Å²) in [6.07, 6.45) is 3.93. The average molecular weight is 656 g/mol. The first kappa shape index (κ1) is 31.0. The summed E-state index contributed by atoms with van der Waals surface area (Å²) < 4.78 is 54.4. The zero-order valence-corrected chi connectivity index (χ0v) is 26.7. The van der Waals surface area contributed by atoms with Gasteiger partial charge in [-0.3, -0.25) is 5.32 Å². The standard InChI is InChI=1S/C28H29N7O6S3/c1-5-41-26(36)23-17(2)31-28(42-23)34-27-32-24(29-14-18-6-10-20(11-7-18)43(3,37)38)22-25(33-27)35(16-30-22)15-19-8-12-21(13-9-19)44(4,39)40/h6-13,16H,5,14-15H2,1-4H3,(H2,29,31,32,33,34). The molecule has 230 valence electrons. The van der Waals surface area contributed by atoms with Crippen LogP contribution in [0.15, 0.2) is 64.6 Å². The number of anilines is 3. The highest BCUT2D eigenvalue weighted by Gasteiger charge is 2.19. The van der Waals surface area contributed by atoms with Gasteiger partial charge >= 0.3 is 5.97 Å². The molecule has 5 aromatic rings. The van der Waals surface area contributed by atoms with Crippen LogP contribution in [-0.2, 0) is 37.5 Å². The van der Waals surface area contributed by atoms with Crippen LogP contribution in [0.5, 0.6) is 0 Å². The number of aryl methyl sites for hydroxylation is 1. The Kier molecular flexibility index (Phi) is 8.67. The van der Waals surface area contributed by atoms with E-state index >= 15 is 0 Å². The molecule has 0 atom stereocenters. The summed E-state index contributed by atoms with van der Waals surface area (Å²) >= 11 is 1.12. The van der Waals surface area contributed by atoms with Gasteiger partial charge in [0, 0.05) is 19.1 Å². The lowest BCUT2D eigenvalue weighted by atomic mass is 10.2. The summed E-state index contributed by atoms with van der Waals surface area (Å²) in [6.45, 7) is 4.36. The molecule has 2 aromatic carbocycles. The number of aromatic nitrogens is 5. The lowest BCUT2D eigenvalue weighted by molar-refractivity contribution is 0.0531. The maximum atomic E-state index is 12.3. The molecule has 0 bridgehead atoms. The minimum absolute atomic E-state index is 0.200. The molecule has 0 aliphatic heterocycles. The molecule has 44 heavy (non-hydrogen) atoms. The van der Waals surface area contributed by atoms with Crippen molar-refractivity contribution in [2.75, 3.05) is 29.8 Å². The van der Waals surface area contributed by atoms with Gasteiger partial charge < -0.3 is 14.6 Å². The fourth-order valence-electron chi connectivity index (χ4n) is 4.25. The van der Waals surface area contributed by atoms with Gasteiger partial charge in [0.15, 0.2) is 41.8 Å². The number of hydrogen-bond acceptors (Lipinski definition) is 13. The van der Waals surface area contributed by atoms with Crippen molar-refractivity contribution in [1.82, 2.24) is 24.5 Å². The molecule has 0 saturated heterocycles. The van der Waals surface area contributed by atoms with E-state index in [4.69, 9.17) is 4.74 Å². The lowest BCUT2D eigenvalue weighted by Gasteiger charge is -2.11. The summed E-state index contributed by atoms with van der Waals surface area (Å²) in [7, 11) is -6.65. The molecule has 13 nitrogen and oxygen atoms in total. The predicted molar refractivity (Wildman–Crippen MR) is 167 cm³/mol. The summed E-state index contributed by atoms with van der Waals surface area (Å²) in [4.78, 5) is 31.4. The molecule has 16 heteroatoms. The van der Waals surface area contributed by atoms with Crippen molar-refractivity contribution in [1.29, 1.82) is 0 Å². The van der Waals surface area contributed by atoms with E-state index < -0.39 is 25.6 Å². The van der Waals surface area contributed by atoms with Crippen molar-refractivity contribution >= 4 is 65.0 Å². The van der Waals surface area contributed by atoms with Gasteiger partial charge in [-0.05, 0) is 49.2 Å². The Labute approximate surface area is 258 Å². The molecule has 0 aliphatic rings. The van der Waals surface area contributed by atoms with Gasteiger partial charge in [-0.15, -0.1) is 0 Å². The van der Waals surface area contributed by atoms with Gasteiger partial charge in [-0.1, -0.05) is 35.6 Å². The first-order chi connectivity index (χ1) is 20.8. The number of rotatable bonds is 11. The van der Waals surface area contributed by atoms with Gasteiger partial charge in [-0.25, -0.2) is 31.6 Å². The summed E-state index contributed by atoms with van der Waals surface area (Å²) in [6, 6.07) is 13.1. The molecule has 0 radical (unpaired) electrons. The second-order valence-electron chi connectivity index (χ2n) is 9.91. The van der Waals surface area contributed by atoms with E-state index in [1.165, 1.54) is 0 Å². The number of fused-ring (bicyclic) bond motifs is 1. The Morgan fingerprint density at radius 3 is 2.11 bits per heavy atom.